The second kappa shape index (κ2) is 5.03. The van der Waals surface area contributed by atoms with Gasteiger partial charge in [0.05, 0.1) is 6.61 Å². The average molecular weight is 262 g/mol. The Morgan fingerprint density at radius 2 is 1.81 bits per heavy atom. The molecule has 1 fully saturated rings. The second-order valence-corrected chi connectivity index (χ2v) is 4.52. The van der Waals surface area contributed by atoms with E-state index in [-0.39, 0.29) is 0 Å². The summed E-state index contributed by atoms with van der Waals surface area (Å²) in [6.45, 7) is -0.785. The molecule has 0 aromatic rings. The molecule has 16 heavy (non-hydrogen) atoms. The van der Waals surface area contributed by atoms with Gasteiger partial charge in [-0.05, 0) is 0 Å². The highest BCUT2D eigenvalue weighted by Gasteiger charge is 2.44. The summed E-state index contributed by atoms with van der Waals surface area (Å²) >= 11 is 0. The van der Waals surface area contributed by atoms with E-state index in [4.69, 9.17) is 20.0 Å². The lowest BCUT2D eigenvalue weighted by Crippen LogP contribution is -2.57. The van der Waals surface area contributed by atoms with E-state index in [1.54, 1.807) is 0 Å². The Bertz CT molecular complexity index is 282. The standard InChI is InChI=1S/C6H12FO8P/c7-3-5(9)4(8)2(15-6(3)10)1-14-16(11,12)13/h2-6,8-10H,1H2,(H2,11,12,13)/t2?,3?,4-,5-,6-/m1/s1. The van der Waals surface area contributed by atoms with Gasteiger partial charge in [0.1, 0.15) is 18.3 Å². The number of hydrogen-bond acceptors (Lipinski definition) is 6. The quantitative estimate of drug-likeness (QED) is 0.364. The summed E-state index contributed by atoms with van der Waals surface area (Å²) < 4.78 is 31.7. The summed E-state index contributed by atoms with van der Waals surface area (Å²) in [7, 11) is -4.76. The highest BCUT2D eigenvalue weighted by Crippen LogP contribution is 2.36. The molecule has 1 saturated heterocycles. The number of aliphatic hydroxyl groups excluding tert-OH is 3. The van der Waals surface area contributed by atoms with Crippen LogP contribution in [0.1, 0.15) is 0 Å². The van der Waals surface area contributed by atoms with E-state index in [9.17, 15) is 14.1 Å². The van der Waals surface area contributed by atoms with Gasteiger partial charge in [0.15, 0.2) is 12.5 Å². The first kappa shape index (κ1) is 13.9. The summed E-state index contributed by atoms with van der Waals surface area (Å²) in [6, 6.07) is 0. The minimum atomic E-state index is -4.76. The van der Waals surface area contributed by atoms with E-state index in [0.29, 0.717) is 0 Å². The van der Waals surface area contributed by atoms with E-state index >= 15 is 0 Å². The van der Waals surface area contributed by atoms with Gasteiger partial charge in [-0.2, -0.15) is 0 Å². The Kier molecular flexibility index (Phi) is 4.38. The van der Waals surface area contributed by atoms with Gasteiger partial charge in [-0.3, -0.25) is 4.52 Å². The van der Waals surface area contributed by atoms with Gasteiger partial charge >= 0.3 is 7.82 Å². The smallest absolute Gasteiger partial charge is 0.387 e. The number of phosphoric ester groups is 1. The Morgan fingerprint density at radius 3 is 2.31 bits per heavy atom. The van der Waals surface area contributed by atoms with E-state index in [2.05, 4.69) is 9.26 Å². The third-order valence-corrected chi connectivity index (χ3v) is 2.54. The summed E-state index contributed by atoms with van der Waals surface area (Å²) in [5.74, 6) is 0. The molecule has 0 radical (unpaired) electrons. The van der Waals surface area contributed by atoms with Crippen LogP contribution in [0.25, 0.3) is 0 Å². The molecule has 5 N–H and O–H groups in total. The molecule has 96 valence electrons. The molecular weight excluding hydrogens is 250 g/mol. The molecule has 0 aliphatic carbocycles. The lowest BCUT2D eigenvalue weighted by atomic mass is 10.0. The monoisotopic (exact) mass is 262 g/mol. The number of ether oxygens (including phenoxy) is 1. The van der Waals surface area contributed by atoms with Crippen LogP contribution < -0.4 is 0 Å². The fourth-order valence-corrected chi connectivity index (χ4v) is 1.56. The van der Waals surface area contributed by atoms with Crippen LogP contribution >= 0.6 is 7.82 Å². The fourth-order valence-electron chi connectivity index (χ4n) is 1.22. The normalized spacial score (nSPS) is 41.0. The van der Waals surface area contributed by atoms with Gasteiger partial charge in [-0.25, -0.2) is 8.96 Å². The van der Waals surface area contributed by atoms with Crippen molar-refractivity contribution in [3.05, 3.63) is 0 Å². The van der Waals surface area contributed by atoms with Crippen molar-refractivity contribution >= 4 is 7.82 Å². The predicted octanol–water partition coefficient (Wildman–Crippen LogP) is -2.13. The summed E-state index contributed by atoms with van der Waals surface area (Å²) in [5, 5.41) is 27.3. The molecule has 5 atom stereocenters. The number of aliphatic hydroxyl groups is 3. The minimum absolute atomic E-state index is 0.785. The molecule has 1 heterocycles. The molecule has 8 nitrogen and oxygen atoms in total. The maximum absolute atomic E-state index is 12.9. The number of phosphoric acid groups is 1. The van der Waals surface area contributed by atoms with Crippen molar-refractivity contribution in [3.63, 3.8) is 0 Å². The van der Waals surface area contributed by atoms with E-state index < -0.39 is 45.2 Å². The molecule has 0 bridgehead atoms. The zero-order chi connectivity index (χ0) is 12.5. The number of rotatable bonds is 3. The zero-order valence-electron chi connectivity index (χ0n) is 7.88. The molecule has 0 saturated carbocycles. The number of alkyl halides is 1. The Morgan fingerprint density at radius 1 is 1.25 bits per heavy atom. The third-order valence-electron chi connectivity index (χ3n) is 2.05. The number of hydrogen-bond donors (Lipinski definition) is 5. The van der Waals surface area contributed by atoms with Crippen LogP contribution in [0.15, 0.2) is 0 Å². The van der Waals surface area contributed by atoms with E-state index in [1.165, 1.54) is 0 Å². The second-order valence-electron chi connectivity index (χ2n) is 3.28. The number of halogens is 1. The predicted molar refractivity (Wildman–Crippen MR) is 45.8 cm³/mol. The van der Waals surface area contributed by atoms with Crippen molar-refractivity contribution < 1.29 is 43.3 Å². The molecular formula is C6H12FO8P. The molecule has 1 aliphatic heterocycles. The zero-order valence-corrected chi connectivity index (χ0v) is 8.77. The van der Waals surface area contributed by atoms with E-state index in [1.807, 2.05) is 0 Å². The maximum Gasteiger partial charge on any atom is 0.469 e. The van der Waals surface area contributed by atoms with E-state index in [0.717, 1.165) is 0 Å². The van der Waals surface area contributed by atoms with Gasteiger partial charge < -0.3 is 29.8 Å². The lowest BCUT2D eigenvalue weighted by molar-refractivity contribution is -0.270. The average Bonchev–Trinajstić information content (AvgIpc) is 2.17. The molecule has 0 aromatic carbocycles. The van der Waals surface area contributed by atoms with Crippen LogP contribution in [-0.2, 0) is 13.8 Å². The fraction of sp³-hybridized carbons (Fsp3) is 1.00. The van der Waals surface area contributed by atoms with Gasteiger partial charge in [-0.15, -0.1) is 0 Å². The van der Waals surface area contributed by atoms with Crippen LogP contribution in [0, 0.1) is 0 Å². The van der Waals surface area contributed by atoms with Gasteiger partial charge in [-0.1, -0.05) is 0 Å². The Labute approximate surface area is 89.5 Å². The van der Waals surface area contributed by atoms with Crippen LogP contribution in [0.4, 0.5) is 4.39 Å². The molecule has 0 spiro atoms. The van der Waals surface area contributed by atoms with Crippen molar-refractivity contribution in [2.45, 2.75) is 30.8 Å². The van der Waals surface area contributed by atoms with Crippen LogP contribution in [0.3, 0.4) is 0 Å². The first-order valence-corrected chi connectivity index (χ1v) is 5.79. The Hall–Kier alpha value is -0.120. The topological polar surface area (TPSA) is 137 Å². The van der Waals surface area contributed by atoms with Gasteiger partial charge in [0.25, 0.3) is 0 Å². The molecule has 1 rings (SSSR count). The molecule has 0 aromatic heterocycles. The van der Waals surface area contributed by atoms with Gasteiger partial charge in [0.2, 0.25) is 0 Å². The summed E-state index contributed by atoms with van der Waals surface area (Å²) in [4.78, 5) is 16.7. The van der Waals surface area contributed by atoms with Crippen molar-refractivity contribution in [1.82, 2.24) is 0 Å². The SMILES string of the molecule is O=P(O)(O)OCC1O[C@@H](O)C(F)[C@@H](O)[C@@H]1O. The molecule has 2 unspecified atom stereocenters. The van der Waals surface area contributed by atoms with Crippen molar-refractivity contribution in [3.8, 4) is 0 Å². The molecule has 10 heteroatoms. The van der Waals surface area contributed by atoms with Crippen molar-refractivity contribution in [1.29, 1.82) is 0 Å². The summed E-state index contributed by atoms with van der Waals surface area (Å²) in [6.07, 6.45) is -9.26. The third kappa shape index (κ3) is 3.44. The molecule has 0 amide bonds. The first-order chi connectivity index (χ1) is 7.22. The Balaban J connectivity index is 2.57. The molecule has 1 aliphatic rings. The van der Waals surface area contributed by atoms with Crippen LogP contribution in [0.5, 0.6) is 0 Å². The largest absolute Gasteiger partial charge is 0.469 e. The maximum atomic E-state index is 12.9. The van der Waals surface area contributed by atoms with Gasteiger partial charge in [0, 0.05) is 0 Å². The highest BCUT2D eigenvalue weighted by atomic mass is 31.2. The van der Waals surface area contributed by atoms with Crippen LogP contribution in [0.2, 0.25) is 0 Å². The minimum Gasteiger partial charge on any atom is -0.387 e. The first-order valence-electron chi connectivity index (χ1n) is 4.26. The van der Waals surface area contributed by atoms with Crippen molar-refractivity contribution in [2.24, 2.45) is 0 Å². The van der Waals surface area contributed by atoms with Crippen LogP contribution in [-0.4, -0.2) is 62.5 Å². The highest BCUT2D eigenvalue weighted by molar-refractivity contribution is 7.46. The van der Waals surface area contributed by atoms with Crippen molar-refractivity contribution in [2.75, 3.05) is 6.61 Å². The lowest BCUT2D eigenvalue weighted by Gasteiger charge is -2.36. The summed E-state index contributed by atoms with van der Waals surface area (Å²) in [5.41, 5.74) is 0.